The number of aliphatic imine (C=N–C) groups is 1. The van der Waals surface area contributed by atoms with Gasteiger partial charge in [0.05, 0.1) is 0 Å². The zero-order chi connectivity index (χ0) is 7.94. The lowest BCUT2D eigenvalue weighted by Gasteiger charge is -1.95. The Balaban J connectivity index is 2.62. The fourth-order valence-corrected chi connectivity index (χ4v) is 0.930. The van der Waals surface area contributed by atoms with Crippen LogP contribution in [0.3, 0.4) is 0 Å². The zero-order valence-electron chi connectivity index (χ0n) is 6.83. The van der Waals surface area contributed by atoms with Crippen LogP contribution in [0, 0.1) is 0 Å². The third-order valence-electron chi connectivity index (χ3n) is 1.45. The summed E-state index contributed by atoms with van der Waals surface area (Å²) in [6.45, 7) is 2.16. The van der Waals surface area contributed by atoms with Crippen LogP contribution in [0.1, 0.15) is 19.8 Å². The van der Waals surface area contributed by atoms with Crippen molar-refractivity contribution in [2.24, 2.45) is 4.99 Å². The van der Waals surface area contributed by atoms with E-state index in [1.165, 1.54) is 0 Å². The van der Waals surface area contributed by atoms with Gasteiger partial charge in [-0.2, -0.15) is 0 Å². The Morgan fingerprint density at radius 1 is 1.18 bits per heavy atom. The van der Waals surface area contributed by atoms with E-state index in [0.717, 1.165) is 18.6 Å². The van der Waals surface area contributed by atoms with E-state index in [2.05, 4.69) is 18.0 Å². The van der Waals surface area contributed by atoms with Crippen molar-refractivity contribution in [3.63, 3.8) is 0 Å². The van der Waals surface area contributed by atoms with Crippen molar-refractivity contribution < 1.29 is 0 Å². The second-order valence-electron chi connectivity index (χ2n) is 2.46. The van der Waals surface area contributed by atoms with Crippen LogP contribution in [0.2, 0.25) is 0 Å². The summed E-state index contributed by atoms with van der Waals surface area (Å²) in [5.41, 5.74) is 1.16. The van der Waals surface area contributed by atoms with Crippen LogP contribution >= 0.6 is 0 Å². The van der Waals surface area contributed by atoms with Crippen LogP contribution < -0.4 is 0 Å². The standard InChI is InChI=1S/C10H13N/c1-2-7-10-8-5-3-4-6-9-11-10/h3-6,8-9H,2,7H2,1H3/b4-3-,5-3?,6-4?,8-5-,9-6-,10-8?,11-9?,11-10-. The molecule has 0 fully saturated rings. The van der Waals surface area contributed by atoms with Gasteiger partial charge in [0, 0.05) is 11.9 Å². The van der Waals surface area contributed by atoms with Gasteiger partial charge in [-0.25, -0.2) is 0 Å². The molecule has 1 heteroatoms. The highest BCUT2D eigenvalue weighted by Gasteiger charge is 1.89. The molecule has 0 bridgehead atoms. The summed E-state index contributed by atoms with van der Waals surface area (Å²) in [7, 11) is 0. The van der Waals surface area contributed by atoms with Crippen molar-refractivity contribution in [2.45, 2.75) is 19.8 Å². The van der Waals surface area contributed by atoms with Crippen molar-refractivity contribution in [2.75, 3.05) is 0 Å². The molecule has 0 saturated carbocycles. The molecular weight excluding hydrogens is 134 g/mol. The molecule has 0 aromatic carbocycles. The maximum absolute atomic E-state index is 4.27. The smallest absolute Gasteiger partial charge is 0.0403 e. The summed E-state index contributed by atoms with van der Waals surface area (Å²) >= 11 is 0. The maximum atomic E-state index is 4.27. The van der Waals surface area contributed by atoms with Crippen LogP contribution in [0.4, 0.5) is 0 Å². The second-order valence-corrected chi connectivity index (χ2v) is 2.46. The lowest BCUT2D eigenvalue weighted by Crippen LogP contribution is -1.91. The number of hydrogen-bond donors (Lipinski definition) is 0. The molecule has 1 heterocycles. The van der Waals surface area contributed by atoms with E-state index < -0.39 is 0 Å². The first-order valence-corrected chi connectivity index (χ1v) is 4.00. The van der Waals surface area contributed by atoms with Gasteiger partial charge in [-0.1, -0.05) is 31.6 Å². The average molecular weight is 147 g/mol. The van der Waals surface area contributed by atoms with E-state index >= 15 is 0 Å². The van der Waals surface area contributed by atoms with E-state index in [1.54, 1.807) is 0 Å². The van der Waals surface area contributed by atoms with Crippen molar-refractivity contribution in [3.8, 4) is 0 Å². The highest BCUT2D eigenvalue weighted by Crippen LogP contribution is 1.98. The van der Waals surface area contributed by atoms with Gasteiger partial charge in [-0.05, 0) is 18.6 Å². The Hall–Kier alpha value is -1.11. The van der Waals surface area contributed by atoms with Crippen LogP contribution in [-0.4, -0.2) is 5.71 Å². The Kier molecular flexibility index (Phi) is 3.39. The molecule has 0 saturated heterocycles. The molecule has 0 atom stereocenters. The Labute approximate surface area is 67.8 Å². The van der Waals surface area contributed by atoms with Gasteiger partial charge in [-0.3, -0.25) is 4.99 Å². The van der Waals surface area contributed by atoms with Gasteiger partial charge in [0.2, 0.25) is 0 Å². The lowest BCUT2D eigenvalue weighted by atomic mass is 10.2. The third kappa shape index (κ3) is 2.99. The molecule has 1 aliphatic rings. The summed E-state index contributed by atoms with van der Waals surface area (Å²) in [5.74, 6) is 0. The molecule has 0 radical (unpaired) electrons. The first kappa shape index (κ1) is 7.99. The van der Waals surface area contributed by atoms with Crippen LogP contribution in [0.25, 0.3) is 0 Å². The highest BCUT2D eigenvalue weighted by molar-refractivity contribution is 5.95. The van der Waals surface area contributed by atoms with Gasteiger partial charge >= 0.3 is 0 Å². The van der Waals surface area contributed by atoms with Crippen LogP contribution in [0.5, 0.6) is 0 Å². The van der Waals surface area contributed by atoms with Gasteiger partial charge < -0.3 is 0 Å². The largest absolute Gasteiger partial charge is 0.261 e. The Morgan fingerprint density at radius 3 is 2.82 bits per heavy atom. The summed E-state index contributed by atoms with van der Waals surface area (Å²) in [6.07, 6.45) is 14.1. The first-order valence-electron chi connectivity index (χ1n) is 4.00. The molecule has 1 rings (SSSR count). The molecular formula is C10H13N. The molecule has 11 heavy (non-hydrogen) atoms. The average Bonchev–Trinajstić information content (AvgIpc) is 1.94. The fraction of sp³-hybridized carbons (Fsp3) is 0.300. The molecule has 0 amide bonds. The van der Waals surface area contributed by atoms with E-state index in [-0.39, 0.29) is 0 Å². The SMILES string of the molecule is CCCC1=N/C=C\C=C/C=C\1. The summed E-state index contributed by atoms with van der Waals surface area (Å²) < 4.78 is 0. The Bertz CT molecular complexity index is 219. The van der Waals surface area contributed by atoms with Crippen LogP contribution in [-0.2, 0) is 0 Å². The predicted molar refractivity (Wildman–Crippen MR) is 49.8 cm³/mol. The molecule has 0 aromatic rings. The van der Waals surface area contributed by atoms with E-state index in [9.17, 15) is 0 Å². The van der Waals surface area contributed by atoms with Crippen molar-refractivity contribution >= 4 is 5.71 Å². The van der Waals surface area contributed by atoms with Gasteiger partial charge in [-0.15, -0.1) is 0 Å². The molecule has 0 aliphatic carbocycles. The number of rotatable bonds is 2. The summed E-state index contributed by atoms with van der Waals surface area (Å²) in [6, 6.07) is 0. The van der Waals surface area contributed by atoms with Gasteiger partial charge in [0.1, 0.15) is 0 Å². The lowest BCUT2D eigenvalue weighted by molar-refractivity contribution is 0.995. The van der Waals surface area contributed by atoms with E-state index in [0.29, 0.717) is 0 Å². The maximum Gasteiger partial charge on any atom is 0.0403 e. The number of hydrogen-bond acceptors (Lipinski definition) is 1. The molecule has 1 nitrogen and oxygen atoms in total. The fourth-order valence-electron chi connectivity index (χ4n) is 0.930. The number of nitrogens with zero attached hydrogens (tertiary/aromatic N) is 1. The van der Waals surface area contributed by atoms with Gasteiger partial charge in [0.25, 0.3) is 0 Å². The number of allylic oxidation sites excluding steroid dienone is 5. The summed E-state index contributed by atoms with van der Waals surface area (Å²) in [5, 5.41) is 0. The second kappa shape index (κ2) is 4.67. The predicted octanol–water partition coefficient (Wildman–Crippen LogP) is 2.87. The Morgan fingerprint density at radius 2 is 2.00 bits per heavy atom. The topological polar surface area (TPSA) is 12.4 Å². The first-order chi connectivity index (χ1) is 5.43. The quantitative estimate of drug-likeness (QED) is 0.569. The zero-order valence-corrected chi connectivity index (χ0v) is 6.83. The van der Waals surface area contributed by atoms with Crippen LogP contribution in [0.15, 0.2) is 41.6 Å². The van der Waals surface area contributed by atoms with E-state index in [4.69, 9.17) is 0 Å². The molecule has 0 aromatic heterocycles. The molecule has 0 N–H and O–H groups in total. The van der Waals surface area contributed by atoms with E-state index in [1.807, 2.05) is 30.5 Å². The van der Waals surface area contributed by atoms with Gasteiger partial charge in [0.15, 0.2) is 0 Å². The molecule has 58 valence electrons. The summed E-state index contributed by atoms with van der Waals surface area (Å²) in [4.78, 5) is 4.27. The normalized spacial score (nSPS) is 29.4. The van der Waals surface area contributed by atoms with Crippen molar-refractivity contribution in [1.29, 1.82) is 0 Å². The highest BCUT2D eigenvalue weighted by atomic mass is 14.7. The minimum Gasteiger partial charge on any atom is -0.261 e. The monoisotopic (exact) mass is 147 g/mol. The van der Waals surface area contributed by atoms with Crippen molar-refractivity contribution in [1.82, 2.24) is 0 Å². The minimum atomic E-state index is 1.06. The minimum absolute atomic E-state index is 1.06. The third-order valence-corrected chi connectivity index (χ3v) is 1.45. The molecule has 0 unspecified atom stereocenters. The molecule has 0 spiro atoms. The molecule has 1 aliphatic heterocycles. The van der Waals surface area contributed by atoms with Crippen molar-refractivity contribution in [3.05, 3.63) is 36.6 Å².